The minimum atomic E-state index is 0.364. The standard InChI is InChI=1S/C18H32N2/c1-5-11-20(12-6-2)18(14-19)17-9-7-16(8-10-17)13-15(3)4/h7-10,15,18H,5-6,11-14,19H2,1-4H3. The lowest BCUT2D eigenvalue weighted by Crippen LogP contribution is -2.35. The zero-order valence-corrected chi connectivity index (χ0v) is 13.7. The molecule has 1 unspecified atom stereocenters. The van der Waals surface area contributed by atoms with Gasteiger partial charge in [0.2, 0.25) is 0 Å². The van der Waals surface area contributed by atoms with Crippen LogP contribution in [0.15, 0.2) is 24.3 Å². The minimum Gasteiger partial charge on any atom is -0.329 e. The maximum atomic E-state index is 6.04. The van der Waals surface area contributed by atoms with E-state index >= 15 is 0 Å². The van der Waals surface area contributed by atoms with Crippen LogP contribution in [0.3, 0.4) is 0 Å². The van der Waals surface area contributed by atoms with E-state index < -0.39 is 0 Å². The van der Waals surface area contributed by atoms with Crippen molar-refractivity contribution < 1.29 is 0 Å². The molecule has 1 atom stereocenters. The second-order valence-electron chi connectivity index (χ2n) is 6.13. The van der Waals surface area contributed by atoms with Crippen molar-refractivity contribution in [3.63, 3.8) is 0 Å². The Labute approximate surface area is 125 Å². The lowest BCUT2D eigenvalue weighted by Gasteiger charge is -2.31. The molecule has 0 spiro atoms. The van der Waals surface area contributed by atoms with Crippen LogP contribution < -0.4 is 5.73 Å². The second kappa shape index (κ2) is 9.15. The Morgan fingerprint density at radius 2 is 1.55 bits per heavy atom. The first-order chi connectivity index (χ1) is 9.62. The van der Waals surface area contributed by atoms with Crippen LogP contribution in [0.5, 0.6) is 0 Å². The maximum absolute atomic E-state index is 6.04. The quantitative estimate of drug-likeness (QED) is 0.738. The largest absolute Gasteiger partial charge is 0.329 e. The van der Waals surface area contributed by atoms with Gasteiger partial charge in [-0.05, 0) is 49.4 Å². The van der Waals surface area contributed by atoms with Gasteiger partial charge in [0.05, 0.1) is 0 Å². The molecular weight excluding hydrogens is 244 g/mol. The third kappa shape index (κ3) is 5.26. The molecule has 0 radical (unpaired) electrons. The van der Waals surface area contributed by atoms with Crippen LogP contribution in [-0.2, 0) is 6.42 Å². The maximum Gasteiger partial charge on any atom is 0.0470 e. The van der Waals surface area contributed by atoms with E-state index in [1.165, 1.54) is 24.0 Å². The number of nitrogens with zero attached hydrogens (tertiary/aromatic N) is 1. The van der Waals surface area contributed by atoms with Crippen molar-refractivity contribution in [1.29, 1.82) is 0 Å². The first-order valence-corrected chi connectivity index (χ1v) is 8.15. The molecule has 1 rings (SSSR count). The predicted molar refractivity (Wildman–Crippen MR) is 88.9 cm³/mol. The first kappa shape index (κ1) is 17.2. The SMILES string of the molecule is CCCN(CCC)C(CN)c1ccc(CC(C)C)cc1. The molecule has 114 valence electrons. The normalized spacial score (nSPS) is 13.2. The molecule has 0 amide bonds. The van der Waals surface area contributed by atoms with Gasteiger partial charge in [0.25, 0.3) is 0 Å². The molecular formula is C18H32N2. The van der Waals surface area contributed by atoms with Crippen LogP contribution in [-0.4, -0.2) is 24.5 Å². The van der Waals surface area contributed by atoms with Gasteiger partial charge in [-0.25, -0.2) is 0 Å². The van der Waals surface area contributed by atoms with Crippen molar-refractivity contribution in [2.24, 2.45) is 11.7 Å². The van der Waals surface area contributed by atoms with Gasteiger partial charge < -0.3 is 5.73 Å². The average Bonchev–Trinajstić information content (AvgIpc) is 2.41. The summed E-state index contributed by atoms with van der Waals surface area (Å²) in [6.45, 7) is 12.0. The molecule has 2 heteroatoms. The summed E-state index contributed by atoms with van der Waals surface area (Å²) in [5, 5.41) is 0. The van der Waals surface area contributed by atoms with Gasteiger partial charge in [0, 0.05) is 12.6 Å². The molecule has 0 aliphatic heterocycles. The van der Waals surface area contributed by atoms with Crippen LogP contribution in [0.2, 0.25) is 0 Å². The van der Waals surface area contributed by atoms with Crippen molar-refractivity contribution in [2.45, 2.75) is 53.0 Å². The van der Waals surface area contributed by atoms with Gasteiger partial charge in [0.15, 0.2) is 0 Å². The summed E-state index contributed by atoms with van der Waals surface area (Å²) in [7, 11) is 0. The van der Waals surface area contributed by atoms with Crippen molar-refractivity contribution in [3.05, 3.63) is 35.4 Å². The summed E-state index contributed by atoms with van der Waals surface area (Å²) in [4.78, 5) is 2.53. The molecule has 0 saturated carbocycles. The Balaban J connectivity index is 2.82. The highest BCUT2D eigenvalue weighted by Crippen LogP contribution is 2.21. The van der Waals surface area contributed by atoms with E-state index in [-0.39, 0.29) is 0 Å². The molecule has 0 saturated heterocycles. The van der Waals surface area contributed by atoms with Crippen LogP contribution in [0.25, 0.3) is 0 Å². The molecule has 0 aromatic heterocycles. The van der Waals surface area contributed by atoms with E-state index in [2.05, 4.69) is 56.9 Å². The predicted octanol–water partition coefficient (Wildman–Crippen LogP) is 4.01. The molecule has 0 fully saturated rings. The van der Waals surface area contributed by atoms with Crippen LogP contribution in [0, 0.1) is 5.92 Å². The summed E-state index contributed by atoms with van der Waals surface area (Å²) in [5.41, 5.74) is 8.83. The Morgan fingerprint density at radius 1 is 1.00 bits per heavy atom. The average molecular weight is 276 g/mol. The van der Waals surface area contributed by atoms with E-state index in [9.17, 15) is 0 Å². The molecule has 1 aromatic carbocycles. The topological polar surface area (TPSA) is 29.3 Å². The van der Waals surface area contributed by atoms with Gasteiger partial charge in [0.1, 0.15) is 0 Å². The number of hydrogen-bond acceptors (Lipinski definition) is 2. The van der Waals surface area contributed by atoms with Crippen molar-refractivity contribution in [1.82, 2.24) is 4.90 Å². The van der Waals surface area contributed by atoms with E-state index in [1.807, 2.05) is 0 Å². The fourth-order valence-electron chi connectivity index (χ4n) is 2.84. The zero-order chi connectivity index (χ0) is 15.0. The smallest absolute Gasteiger partial charge is 0.0470 e. The number of nitrogens with two attached hydrogens (primary N) is 1. The highest BCUT2D eigenvalue weighted by atomic mass is 15.2. The molecule has 0 aliphatic carbocycles. The van der Waals surface area contributed by atoms with Crippen molar-refractivity contribution in [2.75, 3.05) is 19.6 Å². The van der Waals surface area contributed by atoms with Gasteiger partial charge >= 0.3 is 0 Å². The third-order valence-corrected chi connectivity index (χ3v) is 3.69. The summed E-state index contributed by atoms with van der Waals surface area (Å²) >= 11 is 0. The molecule has 0 aliphatic rings. The van der Waals surface area contributed by atoms with E-state index in [4.69, 9.17) is 5.73 Å². The van der Waals surface area contributed by atoms with Crippen LogP contribution in [0.1, 0.15) is 57.7 Å². The number of rotatable bonds is 9. The minimum absolute atomic E-state index is 0.364. The van der Waals surface area contributed by atoms with Gasteiger partial charge in [-0.2, -0.15) is 0 Å². The highest BCUT2D eigenvalue weighted by molar-refractivity contribution is 5.25. The van der Waals surface area contributed by atoms with E-state index in [0.717, 1.165) is 19.5 Å². The summed E-state index contributed by atoms with van der Waals surface area (Å²) in [6.07, 6.45) is 3.52. The lowest BCUT2D eigenvalue weighted by molar-refractivity contribution is 0.202. The molecule has 2 N–H and O–H groups in total. The summed E-state index contributed by atoms with van der Waals surface area (Å²) in [6, 6.07) is 9.45. The molecule has 1 aromatic rings. The van der Waals surface area contributed by atoms with Gasteiger partial charge in [-0.3, -0.25) is 4.90 Å². The van der Waals surface area contributed by atoms with Gasteiger partial charge in [-0.1, -0.05) is 52.0 Å². The van der Waals surface area contributed by atoms with Gasteiger partial charge in [-0.15, -0.1) is 0 Å². The van der Waals surface area contributed by atoms with Crippen molar-refractivity contribution >= 4 is 0 Å². The molecule has 0 heterocycles. The number of hydrogen-bond donors (Lipinski definition) is 1. The van der Waals surface area contributed by atoms with E-state index in [0.29, 0.717) is 18.5 Å². The summed E-state index contributed by atoms with van der Waals surface area (Å²) < 4.78 is 0. The second-order valence-corrected chi connectivity index (χ2v) is 6.13. The van der Waals surface area contributed by atoms with Crippen LogP contribution >= 0.6 is 0 Å². The zero-order valence-electron chi connectivity index (χ0n) is 13.7. The Morgan fingerprint density at radius 3 is 1.95 bits per heavy atom. The fourth-order valence-corrected chi connectivity index (χ4v) is 2.84. The van der Waals surface area contributed by atoms with E-state index in [1.54, 1.807) is 0 Å². The fraction of sp³-hybridized carbons (Fsp3) is 0.667. The Hall–Kier alpha value is -0.860. The number of benzene rings is 1. The molecule has 2 nitrogen and oxygen atoms in total. The first-order valence-electron chi connectivity index (χ1n) is 8.15. The Kier molecular flexibility index (Phi) is 7.86. The highest BCUT2D eigenvalue weighted by Gasteiger charge is 2.17. The van der Waals surface area contributed by atoms with Crippen molar-refractivity contribution in [3.8, 4) is 0 Å². The third-order valence-electron chi connectivity index (χ3n) is 3.69. The molecule has 20 heavy (non-hydrogen) atoms. The summed E-state index contributed by atoms with van der Waals surface area (Å²) in [5.74, 6) is 0.711. The monoisotopic (exact) mass is 276 g/mol. The Bertz CT molecular complexity index is 350. The molecule has 0 bridgehead atoms. The van der Waals surface area contributed by atoms with Crippen LogP contribution in [0.4, 0.5) is 0 Å². The lowest BCUT2D eigenvalue weighted by atomic mass is 9.98.